The van der Waals surface area contributed by atoms with Crippen LogP contribution in [0.5, 0.6) is 0 Å². The summed E-state index contributed by atoms with van der Waals surface area (Å²) in [5.74, 6) is 2.12. The Kier molecular flexibility index (Phi) is 5.32. The lowest BCUT2D eigenvalue weighted by atomic mass is 9.49. The molecule has 1 aromatic carbocycles. The minimum atomic E-state index is -0.478. The molecule has 4 fully saturated rings. The van der Waals surface area contributed by atoms with E-state index in [1.54, 1.807) is 6.92 Å². The van der Waals surface area contributed by atoms with Crippen LogP contribution in [0.15, 0.2) is 18.2 Å². The smallest absolute Gasteiger partial charge is 0.272 e. The number of nitro benzene ring substituents is 1. The molecule has 156 valence electrons. The molecule has 7 heteroatoms. The topological polar surface area (TPSA) is 101 Å². The number of amides is 2. The zero-order valence-electron chi connectivity index (χ0n) is 16.9. The fourth-order valence-electron chi connectivity index (χ4n) is 6.39. The molecule has 4 bridgehead atoms. The van der Waals surface area contributed by atoms with Gasteiger partial charge in [0.05, 0.1) is 11.5 Å². The first-order chi connectivity index (χ1) is 13.8. The molecule has 0 aromatic heterocycles. The monoisotopic (exact) mass is 399 g/mol. The Balaban J connectivity index is 1.22. The SMILES string of the molecule is Cc1cc(C(=O)NCC(=O)NCCC23CC4CC(CC(C4)C2)C3)ccc1[N+](=O)[O-]. The quantitative estimate of drug-likeness (QED) is 0.542. The first-order valence-electron chi connectivity index (χ1n) is 10.6. The predicted molar refractivity (Wildman–Crippen MR) is 108 cm³/mol. The Bertz CT molecular complexity index is 800. The molecule has 0 unspecified atom stereocenters. The molecule has 0 spiro atoms. The van der Waals surface area contributed by atoms with Gasteiger partial charge >= 0.3 is 0 Å². The number of hydrogen-bond acceptors (Lipinski definition) is 4. The molecule has 2 amide bonds. The zero-order chi connectivity index (χ0) is 20.6. The maximum absolute atomic E-state index is 12.2. The Morgan fingerprint density at radius 2 is 1.72 bits per heavy atom. The van der Waals surface area contributed by atoms with Crippen LogP contribution < -0.4 is 10.6 Å². The van der Waals surface area contributed by atoms with Gasteiger partial charge in [-0.3, -0.25) is 19.7 Å². The fraction of sp³-hybridized carbons (Fsp3) is 0.636. The van der Waals surface area contributed by atoms with Gasteiger partial charge in [0.1, 0.15) is 0 Å². The summed E-state index contributed by atoms with van der Waals surface area (Å²) >= 11 is 0. The maximum Gasteiger partial charge on any atom is 0.272 e. The van der Waals surface area contributed by atoms with Crippen molar-refractivity contribution in [2.75, 3.05) is 13.1 Å². The molecule has 5 rings (SSSR count). The summed E-state index contributed by atoms with van der Waals surface area (Å²) < 4.78 is 0. The first kappa shape index (κ1) is 19.9. The van der Waals surface area contributed by atoms with Crippen LogP contribution in [-0.2, 0) is 4.79 Å². The zero-order valence-corrected chi connectivity index (χ0v) is 16.9. The lowest BCUT2D eigenvalue weighted by molar-refractivity contribution is -0.385. The van der Waals surface area contributed by atoms with Crippen molar-refractivity contribution in [1.29, 1.82) is 0 Å². The summed E-state index contributed by atoms with van der Waals surface area (Å²) in [6.07, 6.45) is 9.26. The lowest BCUT2D eigenvalue weighted by Gasteiger charge is -2.57. The van der Waals surface area contributed by atoms with E-state index >= 15 is 0 Å². The molecular weight excluding hydrogens is 370 g/mol. The number of nitro groups is 1. The van der Waals surface area contributed by atoms with Crippen molar-refractivity contribution in [2.45, 2.75) is 51.9 Å². The molecule has 1 aromatic rings. The summed E-state index contributed by atoms with van der Waals surface area (Å²) in [6, 6.07) is 4.19. The lowest BCUT2D eigenvalue weighted by Crippen LogP contribution is -2.47. The van der Waals surface area contributed by atoms with Crippen LogP contribution in [0.3, 0.4) is 0 Å². The van der Waals surface area contributed by atoms with Crippen LogP contribution in [-0.4, -0.2) is 29.8 Å². The Hall–Kier alpha value is -2.44. The average molecular weight is 399 g/mol. The Morgan fingerprint density at radius 1 is 1.10 bits per heavy atom. The van der Waals surface area contributed by atoms with E-state index in [-0.39, 0.29) is 18.1 Å². The highest BCUT2D eigenvalue weighted by Gasteiger charge is 2.50. The normalized spacial score (nSPS) is 29.5. The molecule has 0 heterocycles. The molecule has 7 nitrogen and oxygen atoms in total. The van der Waals surface area contributed by atoms with E-state index in [4.69, 9.17) is 0 Å². The van der Waals surface area contributed by atoms with E-state index < -0.39 is 10.8 Å². The average Bonchev–Trinajstić information content (AvgIpc) is 2.64. The molecular formula is C22H29N3O4. The highest BCUT2D eigenvalue weighted by atomic mass is 16.6. The van der Waals surface area contributed by atoms with Crippen LogP contribution >= 0.6 is 0 Å². The summed E-state index contributed by atoms with van der Waals surface area (Å²) in [5.41, 5.74) is 1.14. The van der Waals surface area contributed by atoms with E-state index in [0.29, 0.717) is 23.1 Å². The second-order valence-electron chi connectivity index (χ2n) is 9.46. The van der Waals surface area contributed by atoms with E-state index in [1.807, 2.05) is 0 Å². The summed E-state index contributed by atoms with van der Waals surface area (Å²) in [6.45, 7) is 2.17. The molecule has 4 aliphatic carbocycles. The molecule has 0 atom stereocenters. The first-order valence-corrected chi connectivity index (χ1v) is 10.6. The fourth-order valence-corrected chi connectivity index (χ4v) is 6.39. The van der Waals surface area contributed by atoms with Gasteiger partial charge in [0.25, 0.3) is 11.6 Å². The van der Waals surface area contributed by atoms with Gasteiger partial charge in [-0.1, -0.05) is 0 Å². The van der Waals surface area contributed by atoms with Crippen molar-refractivity contribution in [3.63, 3.8) is 0 Å². The number of nitrogens with zero attached hydrogens (tertiary/aromatic N) is 1. The van der Waals surface area contributed by atoms with Crippen LogP contribution in [0.25, 0.3) is 0 Å². The van der Waals surface area contributed by atoms with Crippen molar-refractivity contribution >= 4 is 17.5 Å². The van der Waals surface area contributed by atoms with Gasteiger partial charge in [-0.25, -0.2) is 0 Å². The van der Waals surface area contributed by atoms with E-state index in [2.05, 4.69) is 10.6 Å². The second kappa shape index (κ2) is 7.76. The minimum absolute atomic E-state index is 0.0241. The van der Waals surface area contributed by atoms with Gasteiger partial charge in [-0.05, 0) is 87.2 Å². The molecule has 0 aliphatic heterocycles. The van der Waals surface area contributed by atoms with Gasteiger partial charge < -0.3 is 10.6 Å². The van der Waals surface area contributed by atoms with Gasteiger partial charge in [0.15, 0.2) is 0 Å². The summed E-state index contributed by atoms with van der Waals surface area (Å²) in [5, 5.41) is 16.4. The van der Waals surface area contributed by atoms with Crippen molar-refractivity contribution in [3.05, 3.63) is 39.4 Å². The number of rotatable bonds is 7. The predicted octanol–water partition coefficient (Wildman–Crippen LogP) is 3.36. The summed E-state index contributed by atoms with van der Waals surface area (Å²) in [7, 11) is 0. The number of nitrogens with one attached hydrogen (secondary N) is 2. The van der Waals surface area contributed by atoms with Gasteiger partial charge in [-0.2, -0.15) is 0 Å². The standard InChI is InChI=1S/C22H29N3O4/c1-14-6-18(2-3-19(14)25(28)29)21(27)24-13-20(26)23-5-4-22-10-15-7-16(11-22)9-17(8-15)12-22/h2-3,6,15-17H,4-5,7-13H2,1H3,(H,23,26)(H,24,27). The van der Waals surface area contributed by atoms with Gasteiger partial charge in [0, 0.05) is 23.7 Å². The van der Waals surface area contributed by atoms with E-state index in [1.165, 1.54) is 56.7 Å². The number of hydrogen-bond donors (Lipinski definition) is 2. The highest BCUT2D eigenvalue weighted by Crippen LogP contribution is 2.61. The number of carbonyl (C=O) groups is 2. The largest absolute Gasteiger partial charge is 0.355 e. The van der Waals surface area contributed by atoms with Crippen molar-refractivity contribution in [1.82, 2.24) is 10.6 Å². The van der Waals surface area contributed by atoms with Crippen LogP contribution in [0, 0.1) is 40.2 Å². The Morgan fingerprint density at radius 3 is 2.28 bits per heavy atom. The van der Waals surface area contributed by atoms with Gasteiger partial charge in [0.2, 0.25) is 5.91 Å². The summed E-state index contributed by atoms with van der Waals surface area (Å²) in [4.78, 5) is 34.8. The third-order valence-corrected chi connectivity index (χ3v) is 7.21. The van der Waals surface area contributed by atoms with Crippen molar-refractivity contribution < 1.29 is 14.5 Å². The second-order valence-corrected chi connectivity index (χ2v) is 9.46. The molecule has 0 radical (unpaired) electrons. The highest BCUT2D eigenvalue weighted by molar-refractivity contribution is 5.96. The van der Waals surface area contributed by atoms with E-state index in [9.17, 15) is 19.7 Å². The molecule has 29 heavy (non-hydrogen) atoms. The molecule has 0 saturated heterocycles. The molecule has 4 saturated carbocycles. The van der Waals surface area contributed by atoms with Crippen LogP contribution in [0.2, 0.25) is 0 Å². The maximum atomic E-state index is 12.2. The van der Waals surface area contributed by atoms with Crippen molar-refractivity contribution in [3.8, 4) is 0 Å². The Labute approximate surface area is 170 Å². The van der Waals surface area contributed by atoms with Crippen LogP contribution in [0.1, 0.15) is 60.9 Å². The number of benzene rings is 1. The number of aryl methyl sites for hydroxylation is 1. The third-order valence-electron chi connectivity index (χ3n) is 7.21. The van der Waals surface area contributed by atoms with Crippen molar-refractivity contribution in [2.24, 2.45) is 23.2 Å². The minimum Gasteiger partial charge on any atom is -0.355 e. The number of carbonyl (C=O) groups excluding carboxylic acids is 2. The third kappa shape index (κ3) is 4.28. The van der Waals surface area contributed by atoms with E-state index in [0.717, 1.165) is 24.2 Å². The molecule has 4 aliphatic rings. The molecule has 2 N–H and O–H groups in total. The van der Waals surface area contributed by atoms with Crippen LogP contribution in [0.4, 0.5) is 5.69 Å². The van der Waals surface area contributed by atoms with Gasteiger partial charge in [-0.15, -0.1) is 0 Å².